The van der Waals surface area contributed by atoms with Gasteiger partial charge in [0.15, 0.2) is 0 Å². The van der Waals surface area contributed by atoms with E-state index in [-0.39, 0.29) is 18.8 Å². The molecule has 13 heteroatoms. The number of carbonyl (C=O) groups is 6. The van der Waals surface area contributed by atoms with Crippen LogP contribution in [-0.2, 0) is 28.8 Å². The molecule has 3 amide bonds. The van der Waals surface area contributed by atoms with Crippen LogP contribution in [0.2, 0.25) is 0 Å². The summed E-state index contributed by atoms with van der Waals surface area (Å²) in [6.07, 6.45) is -1.55. The molecule has 0 aromatic rings. The highest BCUT2D eigenvalue weighted by Crippen LogP contribution is 2.08. The summed E-state index contributed by atoms with van der Waals surface area (Å²) in [6, 6.07) is -4.23. The molecule has 0 rings (SSSR count). The molecule has 0 bridgehead atoms. The molecule has 3 unspecified atom stereocenters. The Balaban J connectivity index is 5.38. The Labute approximate surface area is 172 Å². The molecular formula is C17H28N4O9. The maximum Gasteiger partial charge on any atom is 0.326 e. The van der Waals surface area contributed by atoms with Gasteiger partial charge in [-0.2, -0.15) is 0 Å². The van der Waals surface area contributed by atoms with Gasteiger partial charge in [0, 0.05) is 6.42 Å². The van der Waals surface area contributed by atoms with Crippen molar-refractivity contribution in [2.45, 2.75) is 57.7 Å². The largest absolute Gasteiger partial charge is 0.481 e. The van der Waals surface area contributed by atoms with Crippen molar-refractivity contribution in [3.8, 4) is 0 Å². The lowest BCUT2D eigenvalue weighted by Crippen LogP contribution is -2.56. The topological polar surface area (TPSA) is 225 Å². The summed E-state index contributed by atoms with van der Waals surface area (Å²) in [5.41, 5.74) is 5.15. The molecule has 0 aliphatic heterocycles. The third-order valence-electron chi connectivity index (χ3n) is 3.82. The molecule has 0 aliphatic rings. The van der Waals surface area contributed by atoms with Crippen LogP contribution in [0.4, 0.5) is 0 Å². The fraction of sp³-hybridized carbons (Fsp3) is 0.647. The van der Waals surface area contributed by atoms with E-state index in [1.807, 2.05) is 0 Å². The van der Waals surface area contributed by atoms with Gasteiger partial charge < -0.3 is 37.0 Å². The summed E-state index contributed by atoms with van der Waals surface area (Å²) in [6.45, 7) is 2.98. The Morgan fingerprint density at radius 3 is 1.77 bits per heavy atom. The Hall–Kier alpha value is -3.22. The van der Waals surface area contributed by atoms with E-state index in [4.69, 9.17) is 15.9 Å². The predicted octanol–water partition coefficient (Wildman–Crippen LogP) is -2.13. The fourth-order valence-corrected chi connectivity index (χ4v) is 2.41. The molecule has 0 radical (unpaired) electrons. The monoisotopic (exact) mass is 432 g/mol. The van der Waals surface area contributed by atoms with Crippen molar-refractivity contribution in [2.24, 2.45) is 11.7 Å². The lowest BCUT2D eigenvalue weighted by atomic mass is 10.0. The lowest BCUT2D eigenvalue weighted by molar-refractivity contribution is -0.144. The molecule has 0 aliphatic carbocycles. The number of nitrogens with two attached hydrogens (primary N) is 1. The van der Waals surface area contributed by atoms with Crippen LogP contribution in [-0.4, -0.2) is 75.6 Å². The van der Waals surface area contributed by atoms with Gasteiger partial charge in [-0.25, -0.2) is 4.79 Å². The van der Waals surface area contributed by atoms with Crippen LogP contribution in [0, 0.1) is 5.92 Å². The number of amides is 3. The van der Waals surface area contributed by atoms with Gasteiger partial charge in [0.05, 0.1) is 13.0 Å². The third-order valence-corrected chi connectivity index (χ3v) is 3.82. The Kier molecular flexibility index (Phi) is 11.7. The van der Waals surface area contributed by atoms with E-state index in [9.17, 15) is 33.9 Å². The van der Waals surface area contributed by atoms with E-state index in [0.29, 0.717) is 0 Å². The van der Waals surface area contributed by atoms with Crippen LogP contribution in [0.25, 0.3) is 0 Å². The summed E-state index contributed by atoms with van der Waals surface area (Å²) < 4.78 is 0. The van der Waals surface area contributed by atoms with Crippen LogP contribution in [0.15, 0.2) is 0 Å². The van der Waals surface area contributed by atoms with E-state index in [0.717, 1.165) is 0 Å². The Morgan fingerprint density at radius 1 is 0.800 bits per heavy atom. The highest BCUT2D eigenvalue weighted by atomic mass is 16.4. The summed E-state index contributed by atoms with van der Waals surface area (Å²) in [7, 11) is 0. The summed E-state index contributed by atoms with van der Waals surface area (Å²) >= 11 is 0. The molecular weight excluding hydrogens is 404 g/mol. The maximum atomic E-state index is 12.5. The molecule has 170 valence electrons. The van der Waals surface area contributed by atoms with Crippen molar-refractivity contribution < 1.29 is 44.1 Å². The van der Waals surface area contributed by atoms with Crippen molar-refractivity contribution in [1.29, 1.82) is 0 Å². The van der Waals surface area contributed by atoms with Crippen LogP contribution >= 0.6 is 0 Å². The molecule has 0 heterocycles. The lowest BCUT2D eigenvalue weighted by Gasteiger charge is -2.25. The molecule has 8 N–H and O–H groups in total. The zero-order valence-corrected chi connectivity index (χ0v) is 16.7. The van der Waals surface area contributed by atoms with Crippen molar-refractivity contribution in [3.63, 3.8) is 0 Å². The van der Waals surface area contributed by atoms with Gasteiger partial charge in [-0.1, -0.05) is 13.8 Å². The number of rotatable bonds is 14. The first-order valence-electron chi connectivity index (χ1n) is 9.13. The Bertz CT molecular complexity index is 666. The molecule has 0 aromatic heterocycles. The second-order valence-corrected chi connectivity index (χ2v) is 6.94. The number of nitrogens with one attached hydrogen (secondary N) is 3. The number of carboxylic acid groups (broad SMARTS) is 3. The molecule has 0 aromatic carbocycles. The van der Waals surface area contributed by atoms with Gasteiger partial charge in [-0.3, -0.25) is 24.0 Å². The number of carbonyl (C=O) groups excluding carboxylic acids is 3. The number of carboxylic acids is 3. The third kappa shape index (κ3) is 10.9. The van der Waals surface area contributed by atoms with Gasteiger partial charge in [-0.15, -0.1) is 0 Å². The second-order valence-electron chi connectivity index (χ2n) is 6.94. The Morgan fingerprint density at radius 2 is 1.33 bits per heavy atom. The van der Waals surface area contributed by atoms with Gasteiger partial charge in [0.2, 0.25) is 17.7 Å². The first kappa shape index (κ1) is 26.8. The van der Waals surface area contributed by atoms with Gasteiger partial charge in [-0.05, 0) is 18.8 Å². The van der Waals surface area contributed by atoms with Crippen LogP contribution in [0.3, 0.4) is 0 Å². The summed E-state index contributed by atoms with van der Waals surface area (Å²) in [4.78, 5) is 69.4. The first-order valence-corrected chi connectivity index (χ1v) is 9.13. The van der Waals surface area contributed by atoms with Crippen LogP contribution in [0.1, 0.15) is 39.5 Å². The fourth-order valence-electron chi connectivity index (χ4n) is 2.41. The van der Waals surface area contributed by atoms with Gasteiger partial charge in [0.1, 0.15) is 18.1 Å². The van der Waals surface area contributed by atoms with E-state index >= 15 is 0 Å². The zero-order chi connectivity index (χ0) is 23.4. The SMILES string of the molecule is CC(C)CC(NC(=O)C(CC(=O)O)NC(=O)CN)C(=O)NC(CCC(=O)O)C(=O)O. The molecule has 13 nitrogen and oxygen atoms in total. The van der Waals surface area contributed by atoms with Crippen LogP contribution < -0.4 is 21.7 Å². The van der Waals surface area contributed by atoms with Gasteiger partial charge >= 0.3 is 17.9 Å². The minimum absolute atomic E-state index is 0.0769. The number of hydrogen-bond donors (Lipinski definition) is 7. The molecule has 30 heavy (non-hydrogen) atoms. The van der Waals surface area contributed by atoms with E-state index in [1.165, 1.54) is 0 Å². The summed E-state index contributed by atoms with van der Waals surface area (Å²) in [5, 5.41) is 33.4. The van der Waals surface area contributed by atoms with Crippen molar-refractivity contribution >= 4 is 35.6 Å². The quantitative estimate of drug-likeness (QED) is 0.158. The van der Waals surface area contributed by atoms with E-state index in [1.54, 1.807) is 13.8 Å². The molecule has 3 atom stereocenters. The molecule has 0 saturated heterocycles. The standard InChI is InChI=1S/C17H28N4O9/c1-8(2)5-10(15(27)20-9(17(29)30)3-4-13(23)24)21-16(28)11(6-14(25)26)19-12(22)7-18/h8-11H,3-7,18H2,1-2H3,(H,19,22)(H,20,27)(H,21,28)(H,23,24)(H,25,26)(H,29,30). The molecule has 0 spiro atoms. The average Bonchev–Trinajstić information content (AvgIpc) is 2.62. The second kappa shape index (κ2) is 13.1. The highest BCUT2D eigenvalue weighted by Gasteiger charge is 2.31. The first-order chi connectivity index (χ1) is 13.9. The van der Waals surface area contributed by atoms with E-state index < -0.39 is 73.1 Å². The average molecular weight is 432 g/mol. The van der Waals surface area contributed by atoms with Gasteiger partial charge in [0.25, 0.3) is 0 Å². The van der Waals surface area contributed by atoms with E-state index in [2.05, 4.69) is 16.0 Å². The zero-order valence-electron chi connectivity index (χ0n) is 16.7. The van der Waals surface area contributed by atoms with Crippen molar-refractivity contribution in [3.05, 3.63) is 0 Å². The smallest absolute Gasteiger partial charge is 0.326 e. The highest BCUT2D eigenvalue weighted by molar-refractivity contribution is 5.95. The predicted molar refractivity (Wildman–Crippen MR) is 101 cm³/mol. The number of hydrogen-bond acceptors (Lipinski definition) is 7. The number of aliphatic carboxylic acids is 3. The minimum Gasteiger partial charge on any atom is -0.481 e. The molecule has 0 saturated carbocycles. The molecule has 0 fully saturated rings. The minimum atomic E-state index is -1.50. The van der Waals surface area contributed by atoms with Crippen molar-refractivity contribution in [2.75, 3.05) is 6.54 Å². The van der Waals surface area contributed by atoms with Crippen LogP contribution in [0.5, 0.6) is 0 Å². The summed E-state index contributed by atoms with van der Waals surface area (Å²) in [5.74, 6) is -6.81. The van der Waals surface area contributed by atoms with Crippen molar-refractivity contribution in [1.82, 2.24) is 16.0 Å². The maximum absolute atomic E-state index is 12.5. The normalized spacial score (nSPS) is 13.6.